The Labute approximate surface area is 150 Å². The fourth-order valence-corrected chi connectivity index (χ4v) is 3.36. The van der Waals surface area contributed by atoms with Crippen molar-refractivity contribution in [3.63, 3.8) is 0 Å². The van der Waals surface area contributed by atoms with Gasteiger partial charge in [-0.2, -0.15) is 0 Å². The summed E-state index contributed by atoms with van der Waals surface area (Å²) in [6, 6.07) is 11.6. The van der Waals surface area contributed by atoms with Gasteiger partial charge in [-0.25, -0.2) is 0 Å². The summed E-state index contributed by atoms with van der Waals surface area (Å²) in [6.45, 7) is 0.700. The standard InChI is InChI=1S/C18H17Cl3N2/c19-14-8-7-11(10-16(14)21)17-12(4-1-2-9-22)13-5-3-6-15(20)18(13)23-17/h3,5-8,10,23H,1-2,4,9,22H2. The van der Waals surface area contributed by atoms with Crippen LogP contribution in [-0.2, 0) is 6.42 Å². The third-order valence-electron chi connectivity index (χ3n) is 3.98. The summed E-state index contributed by atoms with van der Waals surface area (Å²) in [6.07, 6.45) is 2.96. The fraction of sp³-hybridized carbons (Fsp3) is 0.222. The molecule has 0 saturated carbocycles. The van der Waals surface area contributed by atoms with Crippen molar-refractivity contribution in [3.05, 3.63) is 57.0 Å². The summed E-state index contributed by atoms with van der Waals surface area (Å²) in [5, 5.41) is 2.96. The number of nitrogens with one attached hydrogen (secondary N) is 1. The van der Waals surface area contributed by atoms with E-state index in [0.717, 1.165) is 41.4 Å². The van der Waals surface area contributed by atoms with Gasteiger partial charge in [0.2, 0.25) is 0 Å². The van der Waals surface area contributed by atoms with Crippen LogP contribution < -0.4 is 5.73 Å². The first kappa shape index (κ1) is 16.7. The lowest BCUT2D eigenvalue weighted by atomic mass is 10.0. The average Bonchev–Trinajstić information content (AvgIpc) is 2.91. The Morgan fingerprint density at radius 3 is 2.48 bits per heavy atom. The second-order valence-electron chi connectivity index (χ2n) is 5.52. The van der Waals surface area contributed by atoms with E-state index < -0.39 is 0 Å². The predicted octanol–water partition coefficient (Wildman–Crippen LogP) is 6.08. The molecule has 0 atom stereocenters. The van der Waals surface area contributed by atoms with E-state index in [2.05, 4.69) is 11.1 Å². The van der Waals surface area contributed by atoms with Crippen LogP contribution in [-0.4, -0.2) is 11.5 Å². The van der Waals surface area contributed by atoms with Gasteiger partial charge in [-0.3, -0.25) is 0 Å². The zero-order valence-electron chi connectivity index (χ0n) is 12.5. The number of aryl methyl sites for hydroxylation is 1. The lowest BCUT2D eigenvalue weighted by molar-refractivity contribution is 0.748. The number of aromatic nitrogens is 1. The molecule has 0 spiro atoms. The molecule has 3 rings (SSSR count). The molecule has 3 N–H and O–H groups in total. The van der Waals surface area contributed by atoms with Crippen molar-refractivity contribution >= 4 is 45.7 Å². The van der Waals surface area contributed by atoms with E-state index in [1.165, 1.54) is 5.56 Å². The minimum absolute atomic E-state index is 0.543. The number of hydrogen-bond acceptors (Lipinski definition) is 1. The van der Waals surface area contributed by atoms with Crippen LogP contribution in [0.25, 0.3) is 22.2 Å². The monoisotopic (exact) mass is 366 g/mol. The largest absolute Gasteiger partial charge is 0.353 e. The SMILES string of the molecule is NCCCCc1c(-c2ccc(Cl)c(Cl)c2)[nH]c2c(Cl)cccc12. The molecule has 0 aliphatic carbocycles. The predicted molar refractivity (Wildman–Crippen MR) is 101 cm³/mol. The molecule has 0 fully saturated rings. The summed E-state index contributed by atoms with van der Waals surface area (Å²) in [5.41, 5.74) is 9.88. The van der Waals surface area contributed by atoms with E-state index in [0.29, 0.717) is 21.6 Å². The Morgan fingerprint density at radius 1 is 0.913 bits per heavy atom. The molecule has 0 saturated heterocycles. The van der Waals surface area contributed by atoms with E-state index in [4.69, 9.17) is 40.5 Å². The second kappa shape index (κ2) is 7.14. The third-order valence-corrected chi connectivity index (χ3v) is 5.03. The molecule has 2 aromatic carbocycles. The van der Waals surface area contributed by atoms with E-state index >= 15 is 0 Å². The van der Waals surface area contributed by atoms with Crippen LogP contribution in [0.4, 0.5) is 0 Å². The molecule has 0 bridgehead atoms. The van der Waals surface area contributed by atoms with Gasteiger partial charge >= 0.3 is 0 Å². The molecule has 0 aliphatic heterocycles. The molecule has 1 heterocycles. The topological polar surface area (TPSA) is 41.8 Å². The second-order valence-corrected chi connectivity index (χ2v) is 6.74. The molecule has 3 aromatic rings. The summed E-state index contributed by atoms with van der Waals surface area (Å²) in [7, 11) is 0. The van der Waals surface area contributed by atoms with Crippen molar-refractivity contribution in [2.24, 2.45) is 5.73 Å². The highest BCUT2D eigenvalue weighted by Gasteiger charge is 2.15. The number of unbranched alkanes of at least 4 members (excludes halogenated alkanes) is 1. The number of aromatic amines is 1. The van der Waals surface area contributed by atoms with Crippen molar-refractivity contribution in [1.82, 2.24) is 4.98 Å². The summed E-state index contributed by atoms with van der Waals surface area (Å²) < 4.78 is 0. The van der Waals surface area contributed by atoms with Gasteiger partial charge in [-0.1, -0.05) is 53.0 Å². The molecule has 0 aliphatic rings. The van der Waals surface area contributed by atoms with Crippen LogP contribution >= 0.6 is 34.8 Å². The van der Waals surface area contributed by atoms with E-state index in [1.54, 1.807) is 0 Å². The highest BCUT2D eigenvalue weighted by Crippen LogP contribution is 2.36. The van der Waals surface area contributed by atoms with Gasteiger partial charge < -0.3 is 10.7 Å². The Bertz CT molecular complexity index is 840. The summed E-state index contributed by atoms with van der Waals surface area (Å²) in [4.78, 5) is 3.46. The summed E-state index contributed by atoms with van der Waals surface area (Å²) in [5.74, 6) is 0. The smallest absolute Gasteiger partial charge is 0.0651 e. The van der Waals surface area contributed by atoms with Crippen molar-refractivity contribution in [3.8, 4) is 11.3 Å². The zero-order valence-corrected chi connectivity index (χ0v) is 14.8. The van der Waals surface area contributed by atoms with Crippen LogP contribution in [0.5, 0.6) is 0 Å². The number of H-pyrrole nitrogens is 1. The molecule has 23 heavy (non-hydrogen) atoms. The Balaban J connectivity index is 2.15. The minimum Gasteiger partial charge on any atom is -0.353 e. The molecule has 2 nitrogen and oxygen atoms in total. The zero-order chi connectivity index (χ0) is 16.4. The van der Waals surface area contributed by atoms with Crippen molar-refractivity contribution in [1.29, 1.82) is 0 Å². The lowest BCUT2D eigenvalue weighted by Crippen LogP contribution is -1.99. The molecular weight excluding hydrogens is 351 g/mol. The van der Waals surface area contributed by atoms with E-state index in [-0.39, 0.29) is 0 Å². The van der Waals surface area contributed by atoms with Crippen molar-refractivity contribution in [2.45, 2.75) is 19.3 Å². The van der Waals surface area contributed by atoms with Crippen molar-refractivity contribution < 1.29 is 0 Å². The van der Waals surface area contributed by atoms with Gasteiger partial charge in [0.1, 0.15) is 0 Å². The highest BCUT2D eigenvalue weighted by atomic mass is 35.5. The van der Waals surface area contributed by atoms with Crippen LogP contribution in [0.2, 0.25) is 15.1 Å². The fourth-order valence-electron chi connectivity index (χ4n) is 2.84. The number of rotatable bonds is 5. The molecule has 5 heteroatoms. The first-order valence-corrected chi connectivity index (χ1v) is 8.69. The van der Waals surface area contributed by atoms with Gasteiger partial charge in [-0.05, 0) is 55.1 Å². The molecule has 0 unspecified atom stereocenters. The Morgan fingerprint density at radius 2 is 1.74 bits per heavy atom. The average molecular weight is 368 g/mol. The van der Waals surface area contributed by atoms with Gasteiger partial charge in [0.25, 0.3) is 0 Å². The van der Waals surface area contributed by atoms with Gasteiger partial charge in [0.05, 0.1) is 20.6 Å². The number of nitrogens with two attached hydrogens (primary N) is 1. The third kappa shape index (κ3) is 3.36. The van der Waals surface area contributed by atoms with Crippen molar-refractivity contribution in [2.75, 3.05) is 6.54 Å². The van der Waals surface area contributed by atoms with Crippen LogP contribution in [0.3, 0.4) is 0 Å². The van der Waals surface area contributed by atoms with Crippen LogP contribution in [0.15, 0.2) is 36.4 Å². The van der Waals surface area contributed by atoms with E-state index in [9.17, 15) is 0 Å². The maximum absolute atomic E-state index is 6.35. The maximum atomic E-state index is 6.35. The number of halogens is 3. The quantitative estimate of drug-likeness (QED) is 0.527. The molecule has 0 radical (unpaired) electrons. The number of para-hydroxylation sites is 1. The molecule has 0 amide bonds. The number of hydrogen-bond donors (Lipinski definition) is 2. The minimum atomic E-state index is 0.543. The highest BCUT2D eigenvalue weighted by molar-refractivity contribution is 6.42. The number of fused-ring (bicyclic) bond motifs is 1. The van der Waals surface area contributed by atoms with Gasteiger partial charge in [0, 0.05) is 11.1 Å². The molecular formula is C18H17Cl3N2. The molecule has 1 aromatic heterocycles. The van der Waals surface area contributed by atoms with Crippen LogP contribution in [0.1, 0.15) is 18.4 Å². The first-order chi connectivity index (χ1) is 11.1. The Kier molecular flexibility index (Phi) is 5.17. The van der Waals surface area contributed by atoms with Gasteiger partial charge in [0.15, 0.2) is 0 Å². The lowest BCUT2D eigenvalue weighted by Gasteiger charge is -2.06. The number of benzene rings is 2. The van der Waals surface area contributed by atoms with E-state index in [1.807, 2.05) is 30.3 Å². The van der Waals surface area contributed by atoms with Crippen LogP contribution in [0, 0.1) is 0 Å². The Hall–Kier alpha value is -1.19. The normalized spacial score (nSPS) is 11.3. The first-order valence-electron chi connectivity index (χ1n) is 7.56. The summed E-state index contributed by atoms with van der Waals surface area (Å²) >= 11 is 18.6. The maximum Gasteiger partial charge on any atom is 0.0651 e. The molecule has 120 valence electrons. The van der Waals surface area contributed by atoms with Gasteiger partial charge in [-0.15, -0.1) is 0 Å².